The van der Waals surface area contributed by atoms with Gasteiger partial charge in [0, 0.05) is 19.2 Å². The Morgan fingerprint density at radius 2 is 2.35 bits per heavy atom. The summed E-state index contributed by atoms with van der Waals surface area (Å²) in [4.78, 5) is 12.9. The molecule has 0 atom stereocenters. The van der Waals surface area contributed by atoms with E-state index in [1.807, 2.05) is 4.90 Å². The van der Waals surface area contributed by atoms with Gasteiger partial charge in [-0.25, -0.2) is 10.6 Å². The molecule has 8 heteroatoms. The van der Waals surface area contributed by atoms with Crippen LogP contribution in [0, 0.1) is 0 Å². The van der Waals surface area contributed by atoms with Crippen molar-refractivity contribution >= 4 is 23.3 Å². The van der Waals surface area contributed by atoms with Crippen molar-refractivity contribution in [1.29, 1.82) is 0 Å². The largest absolute Gasteiger partial charge is 0.476 e. The molecule has 1 aromatic heterocycles. The molecule has 92 valence electrons. The lowest BCUT2D eigenvalue weighted by molar-refractivity contribution is 0.0688. The van der Waals surface area contributed by atoms with Crippen molar-refractivity contribution in [1.82, 2.24) is 20.1 Å². The van der Waals surface area contributed by atoms with E-state index in [-0.39, 0.29) is 5.69 Å². The number of aromatic carboxylic acids is 1. The lowest BCUT2D eigenvalue weighted by Crippen LogP contribution is -2.45. The number of nitrogens with zero attached hydrogens (tertiary/aromatic N) is 3. The fourth-order valence-corrected chi connectivity index (χ4v) is 2.16. The van der Waals surface area contributed by atoms with Gasteiger partial charge in [0.15, 0.2) is 10.8 Å². The maximum atomic E-state index is 11.0. The summed E-state index contributed by atoms with van der Waals surface area (Å²) < 4.78 is 1.59. The molecule has 0 amide bonds. The number of hydrogen-bond acceptors (Lipinski definition) is 4. The van der Waals surface area contributed by atoms with E-state index in [0.717, 1.165) is 11.3 Å². The summed E-state index contributed by atoms with van der Waals surface area (Å²) in [7, 11) is 1.73. The van der Waals surface area contributed by atoms with Crippen LogP contribution in [0.4, 0.5) is 0 Å². The minimum atomic E-state index is -0.991. The molecule has 17 heavy (non-hydrogen) atoms. The number of carboxylic acid groups (broad SMARTS) is 1. The van der Waals surface area contributed by atoms with Gasteiger partial charge in [-0.1, -0.05) is 0 Å². The average molecular weight is 255 g/mol. The molecule has 0 bridgehead atoms. The van der Waals surface area contributed by atoms with E-state index < -0.39 is 5.97 Å². The van der Waals surface area contributed by atoms with Crippen molar-refractivity contribution in [2.24, 2.45) is 12.9 Å². The Balaban J connectivity index is 2.33. The molecule has 0 aliphatic carbocycles. The van der Waals surface area contributed by atoms with E-state index in [1.54, 1.807) is 11.7 Å². The van der Waals surface area contributed by atoms with Crippen LogP contribution in [0.25, 0.3) is 0 Å². The highest BCUT2D eigenvalue weighted by atomic mass is 32.1. The highest BCUT2D eigenvalue weighted by molar-refractivity contribution is 7.80. The zero-order chi connectivity index (χ0) is 12.6. The molecule has 0 saturated carbocycles. The summed E-state index contributed by atoms with van der Waals surface area (Å²) in [6, 6.07) is 0. The number of fused-ring (bicyclic) bond motifs is 1. The summed E-state index contributed by atoms with van der Waals surface area (Å²) in [5.74, 6) is 4.27. The molecule has 0 spiro atoms. The Morgan fingerprint density at radius 3 is 2.94 bits per heavy atom. The Morgan fingerprint density at radius 1 is 1.65 bits per heavy atom. The zero-order valence-electron chi connectivity index (χ0n) is 9.30. The molecule has 0 fully saturated rings. The molecule has 4 N–H and O–H groups in total. The van der Waals surface area contributed by atoms with Crippen LogP contribution in [0.3, 0.4) is 0 Å². The molecule has 7 nitrogen and oxygen atoms in total. The first-order chi connectivity index (χ1) is 8.04. The number of aryl methyl sites for hydroxylation is 1. The molecule has 1 aliphatic rings. The Bertz CT molecular complexity index is 484. The van der Waals surface area contributed by atoms with Gasteiger partial charge in [0.1, 0.15) is 0 Å². The summed E-state index contributed by atoms with van der Waals surface area (Å²) in [5.41, 5.74) is 4.21. The summed E-state index contributed by atoms with van der Waals surface area (Å²) in [6.45, 7) is 1.16. The van der Waals surface area contributed by atoms with Gasteiger partial charge in [-0.15, -0.1) is 0 Å². The van der Waals surface area contributed by atoms with Gasteiger partial charge in [0.05, 0.1) is 12.2 Å². The van der Waals surface area contributed by atoms with E-state index in [0.29, 0.717) is 24.6 Å². The lowest BCUT2D eigenvalue weighted by atomic mass is 10.0. The van der Waals surface area contributed by atoms with Gasteiger partial charge in [0.25, 0.3) is 0 Å². The van der Waals surface area contributed by atoms with Crippen LogP contribution in [0.1, 0.15) is 21.7 Å². The van der Waals surface area contributed by atoms with Gasteiger partial charge in [0.2, 0.25) is 0 Å². The number of hydrazine groups is 1. The van der Waals surface area contributed by atoms with Crippen molar-refractivity contribution in [3.05, 3.63) is 17.0 Å². The van der Waals surface area contributed by atoms with Gasteiger partial charge in [-0.3, -0.25) is 4.68 Å². The fraction of sp³-hybridized carbons (Fsp3) is 0.444. The second-order valence-electron chi connectivity index (χ2n) is 3.82. The number of carboxylic acids is 1. The number of aromatic nitrogens is 2. The number of thiocarbonyl (C=S) groups is 1. The summed E-state index contributed by atoms with van der Waals surface area (Å²) in [6.07, 6.45) is 0.604. The third-order valence-corrected chi connectivity index (χ3v) is 3.24. The van der Waals surface area contributed by atoms with Crippen LogP contribution < -0.4 is 11.3 Å². The van der Waals surface area contributed by atoms with Gasteiger partial charge < -0.3 is 15.4 Å². The monoisotopic (exact) mass is 255 g/mol. The zero-order valence-corrected chi connectivity index (χ0v) is 10.1. The van der Waals surface area contributed by atoms with Crippen molar-refractivity contribution in [2.75, 3.05) is 6.54 Å². The van der Waals surface area contributed by atoms with Crippen molar-refractivity contribution < 1.29 is 9.90 Å². The van der Waals surface area contributed by atoms with Gasteiger partial charge >= 0.3 is 5.97 Å². The standard InChI is InChI=1S/C9H13N5O2S/c1-13-6-4-14(9(17)11-10)3-2-5(6)7(12-13)8(15)16/h2-4,10H2,1H3,(H,11,17)(H,15,16). The highest BCUT2D eigenvalue weighted by Crippen LogP contribution is 2.21. The predicted octanol–water partition coefficient (Wildman–Crippen LogP) is -0.775. The third-order valence-electron chi connectivity index (χ3n) is 2.86. The normalized spacial score (nSPS) is 14.4. The molecular formula is C9H13N5O2S. The molecule has 0 radical (unpaired) electrons. The highest BCUT2D eigenvalue weighted by Gasteiger charge is 2.27. The van der Waals surface area contributed by atoms with Crippen LogP contribution in [0.2, 0.25) is 0 Å². The molecule has 0 unspecified atom stereocenters. The molecule has 0 saturated heterocycles. The number of rotatable bonds is 1. The first-order valence-corrected chi connectivity index (χ1v) is 5.49. The predicted molar refractivity (Wildman–Crippen MR) is 64.2 cm³/mol. The van der Waals surface area contributed by atoms with Crippen molar-refractivity contribution in [2.45, 2.75) is 13.0 Å². The number of carbonyl (C=O) groups is 1. The molecule has 2 heterocycles. The van der Waals surface area contributed by atoms with Crippen LogP contribution >= 0.6 is 12.2 Å². The Kier molecular flexibility index (Phi) is 2.99. The van der Waals surface area contributed by atoms with Gasteiger partial charge in [-0.2, -0.15) is 5.10 Å². The Hall–Kier alpha value is -1.67. The fourth-order valence-electron chi connectivity index (χ4n) is 2.01. The van der Waals surface area contributed by atoms with Crippen molar-refractivity contribution in [3.8, 4) is 0 Å². The van der Waals surface area contributed by atoms with E-state index >= 15 is 0 Å². The summed E-state index contributed by atoms with van der Waals surface area (Å²) >= 11 is 5.05. The van der Waals surface area contributed by atoms with Crippen LogP contribution in [-0.2, 0) is 20.0 Å². The summed E-state index contributed by atoms with van der Waals surface area (Å²) in [5, 5.41) is 13.5. The minimum absolute atomic E-state index is 0.133. The van der Waals surface area contributed by atoms with Gasteiger partial charge in [-0.05, 0) is 18.6 Å². The van der Waals surface area contributed by atoms with Crippen LogP contribution in [0.15, 0.2) is 0 Å². The smallest absolute Gasteiger partial charge is 0.356 e. The molecule has 2 rings (SSSR count). The molecule has 1 aliphatic heterocycles. The Labute approximate surface area is 103 Å². The maximum absolute atomic E-state index is 11.0. The quantitative estimate of drug-likeness (QED) is 0.344. The molecule has 1 aromatic rings. The molecular weight excluding hydrogens is 242 g/mol. The SMILES string of the molecule is Cn1nc(C(=O)O)c2c1CN(C(=S)NN)CC2. The second-order valence-corrected chi connectivity index (χ2v) is 4.21. The third kappa shape index (κ3) is 1.96. The van der Waals surface area contributed by atoms with Crippen molar-refractivity contribution in [3.63, 3.8) is 0 Å². The van der Waals surface area contributed by atoms with E-state index in [9.17, 15) is 4.79 Å². The second kappa shape index (κ2) is 4.30. The van der Waals surface area contributed by atoms with E-state index in [1.165, 1.54) is 0 Å². The van der Waals surface area contributed by atoms with Crippen LogP contribution in [0.5, 0.6) is 0 Å². The number of hydrogen-bond donors (Lipinski definition) is 3. The average Bonchev–Trinajstić information content (AvgIpc) is 2.65. The number of nitrogens with two attached hydrogens (primary N) is 1. The molecule has 0 aromatic carbocycles. The van der Waals surface area contributed by atoms with E-state index in [2.05, 4.69) is 10.5 Å². The topological polar surface area (TPSA) is 96.4 Å². The van der Waals surface area contributed by atoms with Crippen LogP contribution in [-0.4, -0.2) is 37.4 Å². The lowest BCUT2D eigenvalue weighted by Gasteiger charge is -2.28. The minimum Gasteiger partial charge on any atom is -0.476 e. The van der Waals surface area contributed by atoms with E-state index in [4.69, 9.17) is 23.2 Å². The first kappa shape index (κ1) is 11.8. The number of nitrogens with one attached hydrogen (secondary N) is 1. The maximum Gasteiger partial charge on any atom is 0.356 e. The first-order valence-electron chi connectivity index (χ1n) is 5.08.